The van der Waals surface area contributed by atoms with Gasteiger partial charge < -0.3 is 11.1 Å². The SMILES string of the molecule is CNc1c(N)cnc2c(C)cc(F)cc12. The van der Waals surface area contributed by atoms with Crippen molar-refractivity contribution in [3.05, 3.63) is 29.7 Å². The molecule has 1 heterocycles. The van der Waals surface area contributed by atoms with Gasteiger partial charge in [0.15, 0.2) is 0 Å². The molecule has 0 aliphatic heterocycles. The second kappa shape index (κ2) is 3.38. The maximum absolute atomic E-state index is 13.2. The Morgan fingerprint density at radius 2 is 2.13 bits per heavy atom. The monoisotopic (exact) mass is 205 g/mol. The first-order chi connectivity index (χ1) is 7.13. The number of nitrogens with two attached hydrogens (primary N) is 1. The lowest BCUT2D eigenvalue weighted by molar-refractivity contribution is 0.628. The van der Waals surface area contributed by atoms with Crippen LogP contribution in [0.4, 0.5) is 15.8 Å². The highest BCUT2D eigenvalue weighted by Gasteiger charge is 2.08. The Kier molecular flexibility index (Phi) is 2.19. The number of fused-ring (bicyclic) bond motifs is 1. The predicted molar refractivity (Wildman–Crippen MR) is 60.4 cm³/mol. The molecule has 0 saturated heterocycles. The van der Waals surface area contributed by atoms with Crippen LogP contribution in [0.25, 0.3) is 10.9 Å². The number of nitrogens with one attached hydrogen (secondary N) is 1. The minimum absolute atomic E-state index is 0.274. The molecule has 3 N–H and O–H groups in total. The average molecular weight is 205 g/mol. The van der Waals surface area contributed by atoms with Gasteiger partial charge in [-0.25, -0.2) is 4.39 Å². The van der Waals surface area contributed by atoms with Crippen LogP contribution < -0.4 is 11.1 Å². The van der Waals surface area contributed by atoms with E-state index < -0.39 is 0 Å². The van der Waals surface area contributed by atoms with E-state index in [9.17, 15) is 4.39 Å². The van der Waals surface area contributed by atoms with Crippen molar-refractivity contribution in [1.82, 2.24) is 4.98 Å². The van der Waals surface area contributed by atoms with Crippen LogP contribution in [0.2, 0.25) is 0 Å². The van der Waals surface area contributed by atoms with E-state index in [4.69, 9.17) is 5.73 Å². The molecule has 0 bridgehead atoms. The number of nitrogens with zero attached hydrogens (tertiary/aromatic N) is 1. The summed E-state index contributed by atoms with van der Waals surface area (Å²) in [5.41, 5.74) is 8.58. The molecule has 0 aliphatic carbocycles. The Morgan fingerprint density at radius 1 is 1.40 bits per heavy atom. The normalized spacial score (nSPS) is 10.6. The number of aryl methyl sites for hydroxylation is 1. The summed E-state index contributed by atoms with van der Waals surface area (Å²) in [4.78, 5) is 4.20. The minimum Gasteiger partial charge on any atom is -0.396 e. The van der Waals surface area contributed by atoms with E-state index in [2.05, 4.69) is 10.3 Å². The number of aromatic nitrogens is 1. The van der Waals surface area contributed by atoms with E-state index in [1.165, 1.54) is 12.1 Å². The molecule has 0 atom stereocenters. The summed E-state index contributed by atoms with van der Waals surface area (Å²) in [5, 5.41) is 3.68. The molecule has 78 valence electrons. The number of hydrogen-bond acceptors (Lipinski definition) is 3. The van der Waals surface area contributed by atoms with E-state index in [0.29, 0.717) is 5.69 Å². The lowest BCUT2D eigenvalue weighted by Gasteiger charge is -2.10. The molecule has 0 radical (unpaired) electrons. The van der Waals surface area contributed by atoms with Crippen molar-refractivity contribution in [2.75, 3.05) is 18.1 Å². The number of hydrogen-bond donors (Lipinski definition) is 2. The van der Waals surface area contributed by atoms with E-state index in [-0.39, 0.29) is 5.82 Å². The zero-order chi connectivity index (χ0) is 11.0. The summed E-state index contributed by atoms with van der Waals surface area (Å²) < 4.78 is 13.2. The lowest BCUT2D eigenvalue weighted by Crippen LogP contribution is -1.99. The van der Waals surface area contributed by atoms with E-state index in [1.54, 1.807) is 13.2 Å². The molecule has 3 nitrogen and oxygen atoms in total. The average Bonchev–Trinajstić information content (AvgIpc) is 2.17. The minimum atomic E-state index is -0.274. The Labute approximate surface area is 87.1 Å². The van der Waals surface area contributed by atoms with E-state index in [0.717, 1.165) is 22.2 Å². The van der Waals surface area contributed by atoms with Gasteiger partial charge in [0.1, 0.15) is 5.82 Å². The fraction of sp³-hybridized carbons (Fsp3) is 0.182. The van der Waals surface area contributed by atoms with Crippen LogP contribution in [0.15, 0.2) is 18.3 Å². The van der Waals surface area contributed by atoms with Gasteiger partial charge >= 0.3 is 0 Å². The van der Waals surface area contributed by atoms with Crippen molar-refractivity contribution in [3.8, 4) is 0 Å². The zero-order valence-corrected chi connectivity index (χ0v) is 8.63. The van der Waals surface area contributed by atoms with E-state index >= 15 is 0 Å². The molecular formula is C11H12FN3. The van der Waals surface area contributed by atoms with Crippen LogP contribution in [-0.2, 0) is 0 Å². The van der Waals surface area contributed by atoms with Crippen molar-refractivity contribution in [3.63, 3.8) is 0 Å². The molecular weight excluding hydrogens is 193 g/mol. The van der Waals surface area contributed by atoms with Gasteiger partial charge in [0, 0.05) is 12.4 Å². The third kappa shape index (κ3) is 1.48. The maximum Gasteiger partial charge on any atom is 0.124 e. The molecule has 0 fully saturated rings. The van der Waals surface area contributed by atoms with Crippen molar-refractivity contribution in [2.45, 2.75) is 6.92 Å². The highest BCUT2D eigenvalue weighted by Crippen LogP contribution is 2.29. The number of pyridine rings is 1. The Morgan fingerprint density at radius 3 is 2.80 bits per heavy atom. The van der Waals surface area contributed by atoms with Gasteiger partial charge in [-0.3, -0.25) is 4.98 Å². The third-order valence-electron chi connectivity index (χ3n) is 2.41. The molecule has 0 aliphatic rings. The number of rotatable bonds is 1. The molecule has 0 saturated carbocycles. The molecule has 4 heteroatoms. The fourth-order valence-corrected chi connectivity index (χ4v) is 1.73. The number of nitrogen functional groups attached to an aromatic ring is 1. The first-order valence-electron chi connectivity index (χ1n) is 4.65. The second-order valence-corrected chi connectivity index (χ2v) is 3.46. The zero-order valence-electron chi connectivity index (χ0n) is 8.63. The quantitative estimate of drug-likeness (QED) is 0.751. The summed E-state index contributed by atoms with van der Waals surface area (Å²) >= 11 is 0. The molecule has 2 aromatic rings. The summed E-state index contributed by atoms with van der Waals surface area (Å²) in [6.07, 6.45) is 1.58. The molecule has 1 aromatic heterocycles. The summed E-state index contributed by atoms with van der Waals surface area (Å²) in [6.45, 7) is 1.83. The van der Waals surface area contributed by atoms with Gasteiger partial charge in [0.05, 0.1) is 23.1 Å². The van der Waals surface area contributed by atoms with Crippen LogP contribution in [0.3, 0.4) is 0 Å². The highest BCUT2D eigenvalue weighted by molar-refractivity contribution is 5.98. The van der Waals surface area contributed by atoms with Gasteiger partial charge in [-0.2, -0.15) is 0 Å². The van der Waals surface area contributed by atoms with Gasteiger partial charge in [0.25, 0.3) is 0 Å². The van der Waals surface area contributed by atoms with E-state index in [1.807, 2.05) is 6.92 Å². The van der Waals surface area contributed by atoms with Gasteiger partial charge in [-0.05, 0) is 24.6 Å². The summed E-state index contributed by atoms with van der Waals surface area (Å²) in [7, 11) is 1.76. The number of halogens is 1. The largest absolute Gasteiger partial charge is 0.396 e. The first kappa shape index (κ1) is 9.71. The fourth-order valence-electron chi connectivity index (χ4n) is 1.73. The molecule has 1 aromatic carbocycles. The van der Waals surface area contributed by atoms with Gasteiger partial charge in [-0.15, -0.1) is 0 Å². The van der Waals surface area contributed by atoms with Crippen LogP contribution >= 0.6 is 0 Å². The predicted octanol–water partition coefficient (Wildman–Crippen LogP) is 2.31. The van der Waals surface area contributed by atoms with Gasteiger partial charge in [0.2, 0.25) is 0 Å². The van der Waals surface area contributed by atoms with Crippen LogP contribution in [0.1, 0.15) is 5.56 Å². The van der Waals surface area contributed by atoms with Gasteiger partial charge in [-0.1, -0.05) is 0 Å². The summed E-state index contributed by atoms with van der Waals surface area (Å²) in [5.74, 6) is -0.274. The molecule has 0 spiro atoms. The maximum atomic E-state index is 13.2. The van der Waals surface area contributed by atoms with Crippen LogP contribution in [-0.4, -0.2) is 12.0 Å². The third-order valence-corrected chi connectivity index (χ3v) is 2.41. The van der Waals surface area contributed by atoms with Crippen molar-refractivity contribution < 1.29 is 4.39 Å². The Hall–Kier alpha value is -1.84. The first-order valence-corrected chi connectivity index (χ1v) is 4.65. The summed E-state index contributed by atoms with van der Waals surface area (Å²) in [6, 6.07) is 2.91. The van der Waals surface area contributed by atoms with Crippen LogP contribution in [0.5, 0.6) is 0 Å². The lowest BCUT2D eigenvalue weighted by atomic mass is 10.1. The standard InChI is InChI=1S/C11H12FN3/c1-6-3-7(12)4-8-10(6)15-5-9(13)11(8)14-2/h3-5H,13H2,1-2H3,(H,14,15). The second-order valence-electron chi connectivity index (χ2n) is 3.46. The number of benzene rings is 1. The Bertz CT molecular complexity index is 523. The topological polar surface area (TPSA) is 50.9 Å². The number of anilines is 2. The van der Waals surface area contributed by atoms with Crippen molar-refractivity contribution in [1.29, 1.82) is 0 Å². The molecule has 0 unspecified atom stereocenters. The Balaban J connectivity index is 2.91. The van der Waals surface area contributed by atoms with Crippen molar-refractivity contribution in [2.24, 2.45) is 0 Å². The smallest absolute Gasteiger partial charge is 0.124 e. The molecule has 0 amide bonds. The van der Waals surface area contributed by atoms with Crippen LogP contribution in [0, 0.1) is 12.7 Å². The van der Waals surface area contributed by atoms with Crippen molar-refractivity contribution >= 4 is 22.3 Å². The molecule has 15 heavy (non-hydrogen) atoms. The molecule has 2 rings (SSSR count). The highest BCUT2D eigenvalue weighted by atomic mass is 19.1.